The summed E-state index contributed by atoms with van der Waals surface area (Å²) in [6, 6.07) is 3.32. The molecule has 2 rings (SSSR count). The van der Waals surface area contributed by atoms with Crippen molar-refractivity contribution in [2.75, 3.05) is 0 Å². The third-order valence-corrected chi connectivity index (χ3v) is 3.62. The van der Waals surface area contributed by atoms with E-state index < -0.39 is 24.3 Å². The lowest BCUT2D eigenvalue weighted by Gasteiger charge is -2.32. The van der Waals surface area contributed by atoms with Crippen LogP contribution >= 0.6 is 0 Å². The predicted octanol–water partition coefficient (Wildman–Crippen LogP) is 2.16. The second-order valence-corrected chi connectivity index (χ2v) is 5.41. The van der Waals surface area contributed by atoms with Crippen LogP contribution in [-0.2, 0) is 9.31 Å². The predicted molar refractivity (Wildman–Crippen MR) is 70.0 cm³/mol. The van der Waals surface area contributed by atoms with Gasteiger partial charge in [0, 0.05) is 5.46 Å². The van der Waals surface area contributed by atoms with E-state index in [0.717, 1.165) is 0 Å². The molecule has 0 unspecified atom stereocenters. The molecule has 5 heteroatoms. The fourth-order valence-corrected chi connectivity index (χ4v) is 1.72. The molecule has 1 fully saturated rings. The van der Waals surface area contributed by atoms with E-state index in [-0.39, 0.29) is 0 Å². The average Bonchev–Trinajstić information content (AvgIpc) is 2.47. The van der Waals surface area contributed by atoms with Crippen molar-refractivity contribution >= 4 is 18.7 Å². The van der Waals surface area contributed by atoms with Crippen LogP contribution in [0.5, 0.6) is 0 Å². The van der Waals surface area contributed by atoms with Gasteiger partial charge in [0.1, 0.15) is 0 Å². The molecular weight excluding hydrogens is 232 g/mol. The van der Waals surface area contributed by atoms with Gasteiger partial charge in [-0.05, 0) is 39.8 Å². The molecule has 96 valence electrons. The molecule has 0 N–H and O–H groups in total. The number of rotatable bonds is 2. The first-order valence-electron chi connectivity index (χ1n) is 5.91. The standard InChI is InChI=1S/C13H17BFNO2/c1-6-9-7-8-10(11(15)16-9)14-17-12(2,3)13(4,5)18-14/h6-8H,1H2,2-5H3. The summed E-state index contributed by atoms with van der Waals surface area (Å²) >= 11 is 0. The summed E-state index contributed by atoms with van der Waals surface area (Å²) < 4.78 is 25.4. The Morgan fingerprint density at radius 2 is 1.78 bits per heavy atom. The number of halogens is 1. The summed E-state index contributed by atoms with van der Waals surface area (Å²) in [5.74, 6) is -0.578. The lowest BCUT2D eigenvalue weighted by molar-refractivity contribution is 0.00578. The van der Waals surface area contributed by atoms with Gasteiger partial charge in [0.05, 0.1) is 16.9 Å². The highest BCUT2D eigenvalue weighted by molar-refractivity contribution is 6.62. The first kappa shape index (κ1) is 13.2. The Morgan fingerprint density at radius 3 is 2.22 bits per heavy atom. The second kappa shape index (κ2) is 4.18. The summed E-state index contributed by atoms with van der Waals surface area (Å²) in [4.78, 5) is 3.79. The minimum atomic E-state index is -0.721. The zero-order chi connectivity index (χ0) is 13.6. The number of aromatic nitrogens is 1. The van der Waals surface area contributed by atoms with Crippen LogP contribution in [0.3, 0.4) is 0 Å². The lowest BCUT2D eigenvalue weighted by Crippen LogP contribution is -2.41. The molecule has 1 aliphatic heterocycles. The molecule has 1 saturated heterocycles. The molecule has 0 spiro atoms. The molecule has 0 amide bonds. The molecule has 0 aliphatic carbocycles. The first-order chi connectivity index (χ1) is 8.27. The van der Waals surface area contributed by atoms with E-state index in [1.54, 1.807) is 12.1 Å². The van der Waals surface area contributed by atoms with Gasteiger partial charge in [-0.1, -0.05) is 12.6 Å². The second-order valence-electron chi connectivity index (χ2n) is 5.41. The Hall–Kier alpha value is -1.20. The number of pyridine rings is 1. The van der Waals surface area contributed by atoms with E-state index in [1.165, 1.54) is 6.08 Å². The van der Waals surface area contributed by atoms with Crippen molar-refractivity contribution in [1.82, 2.24) is 4.98 Å². The van der Waals surface area contributed by atoms with Crippen LogP contribution in [-0.4, -0.2) is 23.3 Å². The molecule has 0 saturated carbocycles. The van der Waals surface area contributed by atoms with Crippen molar-refractivity contribution in [2.24, 2.45) is 0 Å². The molecule has 0 atom stereocenters. The quantitative estimate of drug-likeness (QED) is 0.594. The largest absolute Gasteiger partial charge is 0.499 e. The molecule has 1 aliphatic rings. The minimum Gasteiger partial charge on any atom is -0.399 e. The van der Waals surface area contributed by atoms with Crippen LogP contribution in [0.1, 0.15) is 33.4 Å². The first-order valence-corrected chi connectivity index (χ1v) is 5.91. The van der Waals surface area contributed by atoms with Crippen LogP contribution in [0.4, 0.5) is 4.39 Å². The van der Waals surface area contributed by atoms with Crippen molar-refractivity contribution < 1.29 is 13.7 Å². The van der Waals surface area contributed by atoms with Crippen molar-refractivity contribution in [3.63, 3.8) is 0 Å². The van der Waals surface area contributed by atoms with Crippen LogP contribution in [0, 0.1) is 5.95 Å². The maximum Gasteiger partial charge on any atom is 0.499 e. The normalized spacial score (nSPS) is 21.1. The Balaban J connectivity index is 2.32. The smallest absolute Gasteiger partial charge is 0.399 e. The topological polar surface area (TPSA) is 31.4 Å². The van der Waals surface area contributed by atoms with E-state index in [0.29, 0.717) is 11.2 Å². The Labute approximate surface area is 107 Å². The van der Waals surface area contributed by atoms with E-state index in [4.69, 9.17) is 9.31 Å². The van der Waals surface area contributed by atoms with E-state index in [2.05, 4.69) is 11.6 Å². The van der Waals surface area contributed by atoms with Crippen molar-refractivity contribution in [1.29, 1.82) is 0 Å². The molecular formula is C13H17BFNO2. The molecule has 18 heavy (non-hydrogen) atoms. The van der Waals surface area contributed by atoms with E-state index >= 15 is 0 Å². The highest BCUT2D eigenvalue weighted by atomic mass is 19.1. The highest BCUT2D eigenvalue weighted by Crippen LogP contribution is 2.36. The monoisotopic (exact) mass is 249 g/mol. The van der Waals surface area contributed by atoms with Crippen molar-refractivity contribution in [3.05, 3.63) is 30.4 Å². The van der Waals surface area contributed by atoms with Crippen LogP contribution in [0.2, 0.25) is 0 Å². The minimum absolute atomic E-state index is 0.319. The maximum atomic E-state index is 13.9. The molecule has 2 heterocycles. The molecule has 1 aromatic rings. The van der Waals surface area contributed by atoms with Gasteiger partial charge in [-0.15, -0.1) is 0 Å². The summed E-state index contributed by atoms with van der Waals surface area (Å²) in [6.45, 7) is 11.3. The molecule has 0 radical (unpaired) electrons. The summed E-state index contributed by atoms with van der Waals surface area (Å²) in [5.41, 5.74) is -0.158. The molecule has 0 aromatic carbocycles. The SMILES string of the molecule is C=Cc1ccc(B2OC(C)(C)C(C)(C)O2)c(F)n1. The van der Waals surface area contributed by atoms with Gasteiger partial charge in [0.15, 0.2) is 0 Å². The van der Waals surface area contributed by atoms with E-state index in [1.807, 2.05) is 27.7 Å². The lowest BCUT2D eigenvalue weighted by atomic mass is 9.80. The third kappa shape index (κ3) is 2.08. The number of hydrogen-bond donors (Lipinski definition) is 0. The van der Waals surface area contributed by atoms with Crippen LogP contribution < -0.4 is 5.46 Å². The van der Waals surface area contributed by atoms with Gasteiger partial charge in [-0.25, -0.2) is 4.98 Å². The third-order valence-electron chi connectivity index (χ3n) is 3.62. The zero-order valence-electron chi connectivity index (χ0n) is 11.2. The zero-order valence-corrected chi connectivity index (χ0v) is 11.2. The van der Waals surface area contributed by atoms with E-state index in [9.17, 15) is 4.39 Å². The summed E-state index contributed by atoms with van der Waals surface area (Å²) in [7, 11) is -0.721. The fourth-order valence-electron chi connectivity index (χ4n) is 1.72. The molecule has 0 bridgehead atoms. The Kier molecular flexibility index (Phi) is 3.07. The fraction of sp³-hybridized carbons (Fsp3) is 0.462. The van der Waals surface area contributed by atoms with Gasteiger partial charge in [0.2, 0.25) is 5.95 Å². The highest BCUT2D eigenvalue weighted by Gasteiger charge is 2.52. The van der Waals surface area contributed by atoms with Crippen molar-refractivity contribution in [2.45, 2.75) is 38.9 Å². The van der Waals surface area contributed by atoms with Crippen molar-refractivity contribution in [3.8, 4) is 0 Å². The van der Waals surface area contributed by atoms with Gasteiger partial charge >= 0.3 is 7.12 Å². The molecule has 3 nitrogen and oxygen atoms in total. The summed E-state index contributed by atoms with van der Waals surface area (Å²) in [5, 5.41) is 0. The summed E-state index contributed by atoms with van der Waals surface area (Å²) in [6.07, 6.45) is 1.50. The maximum absolute atomic E-state index is 13.9. The van der Waals surface area contributed by atoms with Gasteiger partial charge in [-0.2, -0.15) is 4.39 Å². The van der Waals surface area contributed by atoms with Gasteiger partial charge in [-0.3, -0.25) is 0 Å². The Bertz CT molecular complexity index is 472. The average molecular weight is 249 g/mol. The number of nitrogens with zero attached hydrogens (tertiary/aromatic N) is 1. The van der Waals surface area contributed by atoms with Gasteiger partial charge in [0.25, 0.3) is 0 Å². The van der Waals surface area contributed by atoms with Gasteiger partial charge < -0.3 is 9.31 Å². The molecule has 1 aromatic heterocycles. The van der Waals surface area contributed by atoms with Crippen LogP contribution in [0.15, 0.2) is 18.7 Å². The number of hydrogen-bond acceptors (Lipinski definition) is 3. The van der Waals surface area contributed by atoms with Crippen LogP contribution in [0.25, 0.3) is 6.08 Å². The Morgan fingerprint density at radius 1 is 1.22 bits per heavy atom.